The van der Waals surface area contributed by atoms with Crippen molar-refractivity contribution in [2.75, 3.05) is 26.2 Å². The molecular weight excluding hydrogens is 727 g/mol. The summed E-state index contributed by atoms with van der Waals surface area (Å²) in [6.45, 7) is 8.58. The van der Waals surface area contributed by atoms with E-state index in [1.165, 1.54) is 46.1 Å². The second-order valence-electron chi connectivity index (χ2n) is 14.0. The van der Waals surface area contributed by atoms with Crippen LogP contribution in [0.5, 0.6) is 0 Å². The maximum atomic E-state index is 14.4. The molecule has 2 aromatic heterocycles. The van der Waals surface area contributed by atoms with E-state index in [-0.39, 0.29) is 42.3 Å². The number of carbonyl (C=O) groups is 2. The highest BCUT2D eigenvalue weighted by atomic mass is 32.2. The first-order valence-electron chi connectivity index (χ1n) is 18.1. The Morgan fingerprint density at radius 3 is 2.44 bits per heavy atom. The number of nitrogens with zero attached hydrogens (tertiary/aromatic N) is 6. The fourth-order valence-corrected chi connectivity index (χ4v) is 8.93. The van der Waals surface area contributed by atoms with Crippen LogP contribution in [0.15, 0.2) is 94.6 Å². The van der Waals surface area contributed by atoms with Crippen LogP contribution in [-0.2, 0) is 27.8 Å². The number of carbonyl (C=O) groups excluding carboxylic acids is 2. The molecule has 5 rings (SSSR count). The molecule has 0 radical (unpaired) electrons. The standard InChI is InChI=1S/C39H49N7O6S2/c1-5-28(4)36(46-19-18-44(39(46)49)24-32-26-53-38(42-32)31-12-9-17-40-22-31)37(48)43-34(20-29-10-7-6-8-11-29)35(47)25-45(23-27(2)3)54(51,52)33-15-13-30(14-16-33)21-41-50/h6-17,21-22,26-28,34-36,47,50H,5,18-20,23-25H2,1-4H3,(H,43,48)/b41-21+/t28-,34-,35+,36-/m0/s1. The van der Waals surface area contributed by atoms with E-state index in [4.69, 9.17) is 10.2 Å². The first kappa shape index (κ1) is 40.5. The Morgan fingerprint density at radius 2 is 1.80 bits per heavy atom. The summed E-state index contributed by atoms with van der Waals surface area (Å²) in [7, 11) is -4.07. The Balaban J connectivity index is 1.36. The predicted molar refractivity (Wildman–Crippen MR) is 209 cm³/mol. The topological polar surface area (TPSA) is 169 Å². The molecule has 1 fully saturated rings. The lowest BCUT2D eigenvalue weighted by Gasteiger charge is -2.35. The number of hydrogen-bond donors (Lipinski definition) is 3. The Morgan fingerprint density at radius 1 is 1.06 bits per heavy atom. The summed E-state index contributed by atoms with van der Waals surface area (Å²) in [5.74, 6) is -0.692. The van der Waals surface area contributed by atoms with Gasteiger partial charge in [0.1, 0.15) is 11.0 Å². The third kappa shape index (κ3) is 10.1. The third-order valence-electron chi connectivity index (χ3n) is 9.50. The monoisotopic (exact) mass is 775 g/mol. The predicted octanol–water partition coefficient (Wildman–Crippen LogP) is 5.10. The summed E-state index contributed by atoms with van der Waals surface area (Å²) in [6.07, 6.45) is 4.20. The van der Waals surface area contributed by atoms with Crippen molar-refractivity contribution in [3.05, 3.63) is 101 Å². The zero-order valence-corrected chi connectivity index (χ0v) is 32.7. The van der Waals surface area contributed by atoms with Crippen molar-refractivity contribution in [1.82, 2.24) is 29.4 Å². The normalized spacial score (nSPS) is 15.9. The van der Waals surface area contributed by atoms with Crippen molar-refractivity contribution in [3.63, 3.8) is 0 Å². The van der Waals surface area contributed by atoms with Crippen molar-refractivity contribution < 1.29 is 28.3 Å². The van der Waals surface area contributed by atoms with Crippen LogP contribution in [0.2, 0.25) is 0 Å². The molecule has 0 saturated carbocycles. The van der Waals surface area contributed by atoms with Crippen molar-refractivity contribution in [1.29, 1.82) is 0 Å². The largest absolute Gasteiger partial charge is 0.411 e. The molecule has 1 saturated heterocycles. The maximum Gasteiger partial charge on any atom is 0.321 e. The highest BCUT2D eigenvalue weighted by Gasteiger charge is 2.41. The lowest BCUT2D eigenvalue weighted by atomic mass is 9.95. The van der Waals surface area contributed by atoms with Crippen LogP contribution in [0.4, 0.5) is 4.79 Å². The average Bonchev–Trinajstić information content (AvgIpc) is 3.78. The SMILES string of the molecule is CC[C@H](C)[C@@H](C(=O)N[C@@H](Cc1ccccc1)[C@H](O)CN(CC(C)C)S(=O)(=O)c1ccc(/C=N/O)cc1)N1CCN(Cc2csc(-c3cccnc3)n2)C1=O. The molecule has 0 aliphatic carbocycles. The van der Waals surface area contributed by atoms with Crippen LogP contribution in [0.25, 0.3) is 10.6 Å². The van der Waals surface area contributed by atoms with Gasteiger partial charge in [-0.15, -0.1) is 11.3 Å². The summed E-state index contributed by atoms with van der Waals surface area (Å²) < 4.78 is 29.1. The van der Waals surface area contributed by atoms with Gasteiger partial charge in [0.05, 0.1) is 35.5 Å². The van der Waals surface area contributed by atoms with Crippen LogP contribution in [0.3, 0.4) is 0 Å². The van der Waals surface area contributed by atoms with Gasteiger partial charge in [-0.05, 0) is 53.6 Å². The average molecular weight is 776 g/mol. The van der Waals surface area contributed by atoms with E-state index in [0.717, 1.165) is 21.8 Å². The third-order valence-corrected chi connectivity index (χ3v) is 12.3. The Bertz CT molecular complexity index is 1960. The van der Waals surface area contributed by atoms with E-state index in [9.17, 15) is 23.1 Å². The first-order valence-corrected chi connectivity index (χ1v) is 20.4. The molecule has 1 aliphatic heterocycles. The van der Waals surface area contributed by atoms with Crippen molar-refractivity contribution in [3.8, 4) is 10.6 Å². The molecule has 288 valence electrons. The van der Waals surface area contributed by atoms with E-state index in [2.05, 4.69) is 15.5 Å². The van der Waals surface area contributed by atoms with Gasteiger partial charge in [-0.25, -0.2) is 18.2 Å². The zero-order valence-electron chi connectivity index (χ0n) is 31.0. The molecule has 0 spiro atoms. The molecule has 3 amide bonds. The number of benzene rings is 2. The fraction of sp³-hybridized carbons (Fsp3) is 0.410. The molecule has 1 aliphatic rings. The van der Waals surface area contributed by atoms with Gasteiger partial charge in [0.2, 0.25) is 15.9 Å². The molecule has 2 aromatic carbocycles. The number of oxime groups is 1. The van der Waals surface area contributed by atoms with E-state index in [0.29, 0.717) is 31.6 Å². The van der Waals surface area contributed by atoms with Crippen LogP contribution in [0.1, 0.15) is 50.9 Å². The van der Waals surface area contributed by atoms with Gasteiger partial charge in [-0.3, -0.25) is 9.78 Å². The number of rotatable bonds is 18. The molecule has 0 unspecified atom stereocenters. The number of amides is 3. The summed E-state index contributed by atoms with van der Waals surface area (Å²) in [5, 5.41) is 29.5. The van der Waals surface area contributed by atoms with Gasteiger partial charge in [0.15, 0.2) is 0 Å². The van der Waals surface area contributed by atoms with Gasteiger partial charge >= 0.3 is 6.03 Å². The maximum absolute atomic E-state index is 14.4. The van der Waals surface area contributed by atoms with Gasteiger partial charge in [-0.2, -0.15) is 4.31 Å². The number of pyridine rings is 1. The molecule has 4 atom stereocenters. The molecule has 13 nitrogen and oxygen atoms in total. The van der Waals surface area contributed by atoms with Crippen LogP contribution in [-0.4, -0.2) is 105 Å². The number of thiazole rings is 1. The second-order valence-corrected chi connectivity index (χ2v) is 16.8. The van der Waals surface area contributed by atoms with Crippen LogP contribution >= 0.6 is 11.3 Å². The van der Waals surface area contributed by atoms with Gasteiger partial charge < -0.3 is 25.4 Å². The lowest BCUT2D eigenvalue weighted by molar-refractivity contribution is -0.128. The number of urea groups is 1. The Hall–Kier alpha value is -4.70. The second kappa shape index (κ2) is 18.6. The van der Waals surface area contributed by atoms with E-state index in [1.54, 1.807) is 22.2 Å². The number of nitrogens with one attached hydrogen (secondary N) is 1. The molecule has 3 N–H and O–H groups in total. The number of hydrogen-bond acceptors (Lipinski definition) is 10. The number of aliphatic hydroxyl groups excluding tert-OH is 1. The van der Waals surface area contributed by atoms with Gasteiger partial charge in [0, 0.05) is 49.5 Å². The molecule has 3 heterocycles. The van der Waals surface area contributed by atoms with Crippen molar-refractivity contribution in [2.45, 2.75) is 70.2 Å². The van der Waals surface area contributed by atoms with Gasteiger partial charge in [0.25, 0.3) is 0 Å². The molecule has 0 bridgehead atoms. The summed E-state index contributed by atoms with van der Waals surface area (Å²) >= 11 is 1.48. The minimum atomic E-state index is -4.07. The van der Waals surface area contributed by atoms with Gasteiger partial charge in [-0.1, -0.05) is 81.7 Å². The highest BCUT2D eigenvalue weighted by molar-refractivity contribution is 7.89. The smallest absolute Gasteiger partial charge is 0.321 e. The lowest BCUT2D eigenvalue weighted by Crippen LogP contribution is -2.57. The van der Waals surface area contributed by atoms with Crippen molar-refractivity contribution in [2.24, 2.45) is 17.0 Å². The minimum absolute atomic E-state index is 0.0222. The molecular formula is C39H49N7O6S2. The minimum Gasteiger partial charge on any atom is -0.411 e. The van der Waals surface area contributed by atoms with E-state index in [1.807, 2.05) is 75.5 Å². The number of sulfonamides is 1. The van der Waals surface area contributed by atoms with Crippen LogP contribution in [0, 0.1) is 11.8 Å². The summed E-state index contributed by atoms with van der Waals surface area (Å²) in [6, 6.07) is 17.1. The first-order chi connectivity index (χ1) is 25.9. The molecule has 4 aromatic rings. The van der Waals surface area contributed by atoms with E-state index >= 15 is 0 Å². The quantitative estimate of drug-likeness (QED) is 0.0713. The highest BCUT2D eigenvalue weighted by Crippen LogP contribution is 2.27. The fourth-order valence-electron chi connectivity index (χ4n) is 6.51. The number of aliphatic hydroxyl groups is 1. The molecule has 54 heavy (non-hydrogen) atoms. The zero-order chi connectivity index (χ0) is 38.8. The molecule has 15 heteroatoms. The Kier molecular flexibility index (Phi) is 13.9. The van der Waals surface area contributed by atoms with Crippen molar-refractivity contribution >= 4 is 39.5 Å². The summed E-state index contributed by atoms with van der Waals surface area (Å²) in [5.41, 5.74) is 3.02. The summed E-state index contributed by atoms with van der Waals surface area (Å²) in [4.78, 5) is 40.5. The Labute approximate surface area is 321 Å². The van der Waals surface area contributed by atoms with E-state index < -0.39 is 34.1 Å². The van der Waals surface area contributed by atoms with Crippen LogP contribution < -0.4 is 5.32 Å². The number of aromatic nitrogens is 2.